The van der Waals surface area contributed by atoms with Gasteiger partial charge in [-0.25, -0.2) is 4.98 Å². The van der Waals surface area contributed by atoms with Crippen LogP contribution in [0, 0.1) is 6.92 Å². The fourth-order valence-electron chi connectivity index (χ4n) is 2.43. The lowest BCUT2D eigenvalue weighted by molar-refractivity contribution is -0.137. The number of carboxylic acid groups (broad SMARTS) is 1. The highest BCUT2D eigenvalue weighted by atomic mass is 32.1. The minimum absolute atomic E-state index is 0.0985. The zero-order valence-corrected chi connectivity index (χ0v) is 12.8. The van der Waals surface area contributed by atoms with E-state index < -0.39 is 5.97 Å². The number of carboxylic acids is 1. The minimum Gasteiger partial charge on any atom is -0.481 e. The second-order valence-electron chi connectivity index (χ2n) is 4.96. The van der Waals surface area contributed by atoms with Crippen LogP contribution in [0.2, 0.25) is 0 Å². The molecule has 5 nitrogen and oxygen atoms in total. The molecule has 0 aliphatic rings. The summed E-state index contributed by atoms with van der Waals surface area (Å²) in [7, 11) is 0. The molecule has 2 aromatic heterocycles. The van der Waals surface area contributed by atoms with Crippen molar-refractivity contribution in [1.29, 1.82) is 0 Å². The maximum Gasteiger partial charge on any atom is 0.305 e. The first-order valence-electron chi connectivity index (χ1n) is 6.84. The van der Waals surface area contributed by atoms with Crippen molar-refractivity contribution in [2.45, 2.75) is 19.9 Å². The van der Waals surface area contributed by atoms with E-state index >= 15 is 0 Å². The predicted octanol–water partition coefficient (Wildman–Crippen LogP) is 2.91. The highest BCUT2D eigenvalue weighted by Gasteiger charge is 2.15. The third kappa shape index (κ3) is 2.53. The first-order chi connectivity index (χ1) is 10.6. The van der Waals surface area contributed by atoms with Gasteiger partial charge in [0.25, 0.3) is 5.56 Å². The van der Waals surface area contributed by atoms with Gasteiger partial charge in [0, 0.05) is 17.5 Å². The van der Waals surface area contributed by atoms with Gasteiger partial charge in [0.15, 0.2) is 0 Å². The average molecular weight is 314 g/mol. The van der Waals surface area contributed by atoms with E-state index in [-0.39, 0.29) is 18.5 Å². The van der Waals surface area contributed by atoms with Crippen LogP contribution in [0.1, 0.15) is 12.2 Å². The highest BCUT2D eigenvalue weighted by molar-refractivity contribution is 7.17. The Kier molecular flexibility index (Phi) is 3.77. The Bertz CT molecular complexity index is 897. The molecule has 6 heteroatoms. The van der Waals surface area contributed by atoms with E-state index in [4.69, 9.17) is 5.11 Å². The van der Waals surface area contributed by atoms with Crippen LogP contribution < -0.4 is 5.56 Å². The minimum atomic E-state index is -0.931. The molecule has 0 aliphatic carbocycles. The molecule has 0 spiro atoms. The van der Waals surface area contributed by atoms with Crippen molar-refractivity contribution >= 4 is 27.5 Å². The van der Waals surface area contributed by atoms with Gasteiger partial charge in [0.2, 0.25) is 0 Å². The van der Waals surface area contributed by atoms with E-state index in [0.29, 0.717) is 16.0 Å². The van der Waals surface area contributed by atoms with Gasteiger partial charge in [0.1, 0.15) is 10.7 Å². The molecular weight excluding hydrogens is 300 g/mol. The maximum atomic E-state index is 12.8. The summed E-state index contributed by atoms with van der Waals surface area (Å²) < 4.78 is 1.44. The van der Waals surface area contributed by atoms with E-state index in [0.717, 1.165) is 11.1 Å². The summed E-state index contributed by atoms with van der Waals surface area (Å²) in [5.41, 5.74) is 1.63. The first kappa shape index (κ1) is 14.5. The van der Waals surface area contributed by atoms with Crippen LogP contribution in [-0.2, 0) is 11.3 Å². The third-order valence-electron chi connectivity index (χ3n) is 3.52. The Hall–Kier alpha value is -2.47. The molecule has 0 fully saturated rings. The third-order valence-corrected chi connectivity index (χ3v) is 4.39. The summed E-state index contributed by atoms with van der Waals surface area (Å²) >= 11 is 1.43. The smallest absolute Gasteiger partial charge is 0.305 e. The van der Waals surface area contributed by atoms with Crippen LogP contribution in [0.15, 0.2) is 40.5 Å². The molecule has 2 heterocycles. The molecule has 0 radical (unpaired) electrons. The summed E-state index contributed by atoms with van der Waals surface area (Å²) in [5, 5.41) is 11.3. The van der Waals surface area contributed by atoms with E-state index in [9.17, 15) is 9.59 Å². The number of aromatic nitrogens is 2. The van der Waals surface area contributed by atoms with Gasteiger partial charge in [-0.15, -0.1) is 11.3 Å². The van der Waals surface area contributed by atoms with Gasteiger partial charge >= 0.3 is 5.97 Å². The largest absolute Gasteiger partial charge is 0.481 e. The number of carbonyl (C=O) groups is 1. The van der Waals surface area contributed by atoms with Crippen LogP contribution in [0.3, 0.4) is 0 Å². The van der Waals surface area contributed by atoms with E-state index in [1.807, 2.05) is 35.7 Å². The average Bonchev–Trinajstić information content (AvgIpc) is 2.91. The van der Waals surface area contributed by atoms with Gasteiger partial charge in [-0.1, -0.05) is 30.3 Å². The van der Waals surface area contributed by atoms with E-state index in [1.54, 1.807) is 6.92 Å². The molecule has 0 atom stereocenters. The number of nitrogens with zero attached hydrogens (tertiary/aromatic N) is 2. The summed E-state index contributed by atoms with van der Waals surface area (Å²) in [5.74, 6) is -0.389. The van der Waals surface area contributed by atoms with Gasteiger partial charge in [0.05, 0.1) is 11.8 Å². The fraction of sp³-hybridized carbons (Fsp3) is 0.188. The topological polar surface area (TPSA) is 72.2 Å². The van der Waals surface area contributed by atoms with Gasteiger partial charge < -0.3 is 5.11 Å². The van der Waals surface area contributed by atoms with E-state index in [1.165, 1.54) is 15.9 Å². The number of rotatable bonds is 4. The van der Waals surface area contributed by atoms with Crippen LogP contribution in [0.4, 0.5) is 0 Å². The Morgan fingerprint density at radius 2 is 2.05 bits per heavy atom. The second-order valence-corrected chi connectivity index (χ2v) is 5.81. The summed E-state index contributed by atoms with van der Waals surface area (Å²) in [6.45, 7) is 1.86. The molecule has 112 valence electrons. The molecule has 3 rings (SSSR count). The van der Waals surface area contributed by atoms with Crippen LogP contribution >= 0.6 is 11.3 Å². The number of aryl methyl sites for hydroxylation is 1. The van der Waals surface area contributed by atoms with Crippen LogP contribution in [0.5, 0.6) is 0 Å². The number of hydrogen-bond acceptors (Lipinski definition) is 4. The Balaban J connectivity index is 2.20. The predicted molar refractivity (Wildman–Crippen MR) is 86.3 cm³/mol. The molecule has 0 saturated heterocycles. The van der Waals surface area contributed by atoms with Crippen molar-refractivity contribution in [3.8, 4) is 11.1 Å². The second kappa shape index (κ2) is 5.73. The maximum absolute atomic E-state index is 12.8. The summed E-state index contributed by atoms with van der Waals surface area (Å²) in [4.78, 5) is 28.7. The summed E-state index contributed by atoms with van der Waals surface area (Å²) in [6.07, 6.45) is -0.0985. The van der Waals surface area contributed by atoms with Crippen molar-refractivity contribution in [2.75, 3.05) is 0 Å². The normalized spacial score (nSPS) is 11.0. The molecule has 1 aromatic carbocycles. The summed E-state index contributed by atoms with van der Waals surface area (Å²) in [6, 6.07) is 9.66. The quantitative estimate of drug-likeness (QED) is 0.803. The lowest BCUT2D eigenvalue weighted by Gasteiger charge is -2.08. The molecule has 3 aromatic rings. The number of thiophene rings is 1. The standard InChI is InChI=1S/C16H14N2O3S/c1-10-17-15-14(16(21)18(10)8-7-13(19)20)12(9-22-15)11-5-3-2-4-6-11/h2-6,9H,7-8H2,1H3,(H,19,20). The molecule has 22 heavy (non-hydrogen) atoms. The number of hydrogen-bond donors (Lipinski definition) is 1. The molecule has 0 saturated carbocycles. The highest BCUT2D eigenvalue weighted by Crippen LogP contribution is 2.30. The van der Waals surface area contributed by atoms with Gasteiger partial charge in [-0.2, -0.15) is 0 Å². The first-order valence-corrected chi connectivity index (χ1v) is 7.71. The Morgan fingerprint density at radius 1 is 1.32 bits per heavy atom. The lowest BCUT2D eigenvalue weighted by Crippen LogP contribution is -2.24. The molecular formula is C16H14N2O3S. The van der Waals surface area contributed by atoms with Crippen molar-refractivity contribution in [1.82, 2.24) is 9.55 Å². The SMILES string of the molecule is Cc1nc2scc(-c3ccccc3)c2c(=O)n1CCC(=O)O. The number of aliphatic carboxylic acids is 1. The monoisotopic (exact) mass is 314 g/mol. The van der Waals surface area contributed by atoms with Crippen LogP contribution in [-0.4, -0.2) is 20.6 Å². The van der Waals surface area contributed by atoms with Crippen LogP contribution in [0.25, 0.3) is 21.3 Å². The fourth-order valence-corrected chi connectivity index (χ4v) is 3.41. The Morgan fingerprint density at radius 3 is 2.73 bits per heavy atom. The molecule has 0 amide bonds. The lowest BCUT2D eigenvalue weighted by atomic mass is 10.1. The van der Waals surface area contributed by atoms with E-state index in [2.05, 4.69) is 4.98 Å². The van der Waals surface area contributed by atoms with Gasteiger partial charge in [-0.3, -0.25) is 14.2 Å². The number of benzene rings is 1. The van der Waals surface area contributed by atoms with Gasteiger partial charge in [-0.05, 0) is 12.5 Å². The molecule has 0 bridgehead atoms. The molecule has 0 aliphatic heterocycles. The van der Waals surface area contributed by atoms with Crippen molar-refractivity contribution < 1.29 is 9.90 Å². The van der Waals surface area contributed by atoms with Crippen molar-refractivity contribution in [3.05, 3.63) is 51.9 Å². The zero-order valence-electron chi connectivity index (χ0n) is 11.9. The Labute approximate surface area is 130 Å². The van der Waals surface area contributed by atoms with Crippen molar-refractivity contribution in [2.24, 2.45) is 0 Å². The number of fused-ring (bicyclic) bond motifs is 1. The van der Waals surface area contributed by atoms with Crippen molar-refractivity contribution in [3.63, 3.8) is 0 Å². The molecule has 0 unspecified atom stereocenters. The zero-order chi connectivity index (χ0) is 15.7. The molecule has 1 N–H and O–H groups in total.